The lowest BCUT2D eigenvalue weighted by atomic mass is 9.86. The first-order valence-electron chi connectivity index (χ1n) is 12.1. The average molecular weight is 559 g/mol. The lowest BCUT2D eigenvalue weighted by molar-refractivity contribution is -0.127. The van der Waals surface area contributed by atoms with Gasteiger partial charge in [0.05, 0.1) is 30.8 Å². The Kier molecular flexibility index (Phi) is 8.08. The molecule has 0 unspecified atom stereocenters. The lowest BCUT2D eigenvalue weighted by Crippen LogP contribution is -2.51. The zero-order valence-electron chi connectivity index (χ0n) is 21.7. The van der Waals surface area contributed by atoms with E-state index >= 15 is 0 Å². The van der Waals surface area contributed by atoms with Gasteiger partial charge in [-0.15, -0.1) is 0 Å². The Morgan fingerprint density at radius 3 is 2.50 bits per heavy atom. The van der Waals surface area contributed by atoms with E-state index in [1.165, 1.54) is 25.3 Å². The number of anilines is 1. The van der Waals surface area contributed by atoms with E-state index in [1.807, 2.05) is 24.3 Å². The molecule has 38 heavy (non-hydrogen) atoms. The van der Waals surface area contributed by atoms with Gasteiger partial charge in [0.25, 0.3) is 15.9 Å². The van der Waals surface area contributed by atoms with Crippen LogP contribution in [-0.4, -0.2) is 47.2 Å². The zero-order chi connectivity index (χ0) is 27.5. The van der Waals surface area contributed by atoms with Crippen LogP contribution >= 0.6 is 11.6 Å². The molecule has 202 valence electrons. The fraction of sp³-hybridized carbons (Fsp3) is 0.321. The summed E-state index contributed by atoms with van der Waals surface area (Å²) in [6.45, 7) is 6.55. The average Bonchev–Trinajstić information content (AvgIpc) is 2.90. The van der Waals surface area contributed by atoms with E-state index < -0.39 is 22.0 Å². The monoisotopic (exact) mass is 558 g/mol. The minimum atomic E-state index is -4.03. The standard InChI is InChI=1S/C28H31ClN2O6S/c1-28(2,3)22-7-5-6-8-24(22)36-16-15-30-27(32)26-18-31(23-17-19(29)9-14-25(23)37-26)38(33,34)21-12-10-20(35-4)11-13-21/h5-14,17,26H,15-16,18H2,1-4H3,(H,30,32)/t26-/m0/s1. The molecule has 1 N–H and O–H groups in total. The van der Waals surface area contributed by atoms with E-state index in [2.05, 4.69) is 26.1 Å². The number of hydrogen-bond donors (Lipinski definition) is 1. The number of nitrogens with zero attached hydrogens (tertiary/aromatic N) is 1. The lowest BCUT2D eigenvalue weighted by Gasteiger charge is -2.35. The third-order valence-electron chi connectivity index (χ3n) is 6.08. The van der Waals surface area contributed by atoms with Gasteiger partial charge in [-0.3, -0.25) is 9.10 Å². The fourth-order valence-corrected chi connectivity index (χ4v) is 5.76. The molecule has 8 nitrogen and oxygen atoms in total. The summed E-state index contributed by atoms with van der Waals surface area (Å²) in [6, 6.07) is 18.5. The van der Waals surface area contributed by atoms with Crippen molar-refractivity contribution < 1.29 is 27.4 Å². The second-order valence-corrected chi connectivity index (χ2v) is 12.1. The topological polar surface area (TPSA) is 94.2 Å². The van der Waals surface area contributed by atoms with Crippen molar-refractivity contribution in [3.05, 3.63) is 77.3 Å². The van der Waals surface area contributed by atoms with Crippen molar-refractivity contribution in [2.45, 2.75) is 37.2 Å². The van der Waals surface area contributed by atoms with E-state index in [1.54, 1.807) is 24.3 Å². The van der Waals surface area contributed by atoms with E-state index in [0.29, 0.717) is 10.8 Å². The molecule has 0 aromatic heterocycles. The second-order valence-electron chi connectivity index (χ2n) is 9.82. The number of nitrogens with one attached hydrogen (secondary N) is 1. The summed E-state index contributed by atoms with van der Waals surface area (Å²) in [5.74, 6) is 1.08. The number of carbonyl (C=O) groups excluding carboxylic acids is 1. The summed E-state index contributed by atoms with van der Waals surface area (Å²) in [6.07, 6.45) is -1.07. The minimum Gasteiger partial charge on any atom is -0.497 e. The zero-order valence-corrected chi connectivity index (χ0v) is 23.3. The van der Waals surface area contributed by atoms with Crippen molar-refractivity contribution in [3.63, 3.8) is 0 Å². The number of halogens is 1. The van der Waals surface area contributed by atoms with Crippen LogP contribution in [0, 0.1) is 0 Å². The highest BCUT2D eigenvalue weighted by Crippen LogP contribution is 2.39. The molecule has 3 aromatic carbocycles. The molecule has 1 heterocycles. The highest BCUT2D eigenvalue weighted by atomic mass is 35.5. The fourth-order valence-electron chi connectivity index (χ4n) is 4.12. The molecule has 0 aliphatic carbocycles. The highest BCUT2D eigenvalue weighted by Gasteiger charge is 2.37. The summed E-state index contributed by atoms with van der Waals surface area (Å²) >= 11 is 6.16. The van der Waals surface area contributed by atoms with Crippen molar-refractivity contribution in [2.75, 3.05) is 31.1 Å². The molecule has 0 bridgehead atoms. The molecule has 0 fully saturated rings. The number of fused-ring (bicyclic) bond motifs is 1. The molecular formula is C28H31ClN2O6S. The number of methoxy groups -OCH3 is 1. The Morgan fingerprint density at radius 1 is 1.11 bits per heavy atom. The maximum Gasteiger partial charge on any atom is 0.264 e. The van der Waals surface area contributed by atoms with Crippen LogP contribution in [-0.2, 0) is 20.2 Å². The number of benzene rings is 3. The Balaban J connectivity index is 1.48. The van der Waals surface area contributed by atoms with Gasteiger partial charge in [0.2, 0.25) is 0 Å². The van der Waals surface area contributed by atoms with Gasteiger partial charge in [0.1, 0.15) is 23.9 Å². The predicted octanol–water partition coefficient (Wildman–Crippen LogP) is 4.80. The largest absolute Gasteiger partial charge is 0.497 e. The van der Waals surface area contributed by atoms with Crippen LogP contribution in [0.4, 0.5) is 5.69 Å². The smallest absolute Gasteiger partial charge is 0.264 e. The molecule has 0 spiro atoms. The molecule has 1 atom stereocenters. The van der Waals surface area contributed by atoms with Crippen LogP contribution in [0.5, 0.6) is 17.2 Å². The molecule has 4 rings (SSSR count). The minimum absolute atomic E-state index is 0.0520. The van der Waals surface area contributed by atoms with Gasteiger partial charge >= 0.3 is 0 Å². The van der Waals surface area contributed by atoms with Crippen molar-refractivity contribution in [2.24, 2.45) is 0 Å². The molecule has 3 aromatic rings. The number of amides is 1. The third kappa shape index (κ3) is 6.00. The molecular weight excluding hydrogens is 528 g/mol. The second kappa shape index (κ2) is 11.1. The molecule has 1 aliphatic rings. The molecule has 10 heteroatoms. The normalized spacial score (nSPS) is 15.3. The van der Waals surface area contributed by atoms with Crippen LogP contribution in [0.25, 0.3) is 0 Å². The van der Waals surface area contributed by atoms with Gasteiger partial charge in [-0.05, 0) is 59.5 Å². The van der Waals surface area contributed by atoms with Crippen LogP contribution in [0.1, 0.15) is 26.3 Å². The summed E-state index contributed by atoms with van der Waals surface area (Å²) in [5, 5.41) is 3.14. The van der Waals surface area contributed by atoms with Crippen molar-refractivity contribution in [1.82, 2.24) is 5.32 Å². The molecule has 1 aliphatic heterocycles. The summed E-state index contributed by atoms with van der Waals surface area (Å²) in [4.78, 5) is 13.1. The van der Waals surface area contributed by atoms with Crippen LogP contribution < -0.4 is 23.8 Å². The summed E-state index contributed by atoms with van der Waals surface area (Å²) in [7, 11) is -2.53. The Labute approximate surface area is 228 Å². The quantitative estimate of drug-likeness (QED) is 0.399. The highest BCUT2D eigenvalue weighted by molar-refractivity contribution is 7.92. The van der Waals surface area contributed by atoms with E-state index in [-0.39, 0.29) is 41.4 Å². The third-order valence-corrected chi connectivity index (χ3v) is 8.11. The van der Waals surface area contributed by atoms with Crippen LogP contribution in [0.3, 0.4) is 0 Å². The molecule has 1 amide bonds. The Morgan fingerprint density at radius 2 is 1.82 bits per heavy atom. The maximum atomic E-state index is 13.6. The molecule has 0 saturated heterocycles. The Hall–Kier alpha value is -3.43. The number of para-hydroxylation sites is 1. The SMILES string of the molecule is COc1ccc(S(=O)(=O)N2C[C@@H](C(=O)NCCOc3ccccc3C(C)(C)C)Oc3ccc(Cl)cc32)cc1. The Bertz CT molecular complexity index is 1400. The maximum absolute atomic E-state index is 13.6. The van der Waals surface area contributed by atoms with Gasteiger partial charge in [0.15, 0.2) is 6.10 Å². The molecule has 0 saturated carbocycles. The number of hydrogen-bond acceptors (Lipinski definition) is 6. The number of rotatable bonds is 8. The van der Waals surface area contributed by atoms with Gasteiger partial charge < -0.3 is 19.5 Å². The molecule has 0 radical (unpaired) electrons. The van der Waals surface area contributed by atoms with Crippen molar-refractivity contribution in [3.8, 4) is 17.2 Å². The van der Waals surface area contributed by atoms with Gasteiger partial charge in [-0.2, -0.15) is 0 Å². The van der Waals surface area contributed by atoms with Gasteiger partial charge in [0, 0.05) is 5.02 Å². The van der Waals surface area contributed by atoms with E-state index in [0.717, 1.165) is 15.6 Å². The first-order chi connectivity index (χ1) is 18.0. The van der Waals surface area contributed by atoms with Crippen LogP contribution in [0.2, 0.25) is 5.02 Å². The number of ether oxygens (including phenoxy) is 3. The van der Waals surface area contributed by atoms with Crippen LogP contribution in [0.15, 0.2) is 71.6 Å². The predicted molar refractivity (Wildman–Crippen MR) is 147 cm³/mol. The van der Waals surface area contributed by atoms with E-state index in [4.69, 9.17) is 25.8 Å². The first-order valence-corrected chi connectivity index (χ1v) is 14.0. The van der Waals surface area contributed by atoms with Crippen molar-refractivity contribution in [1.29, 1.82) is 0 Å². The van der Waals surface area contributed by atoms with Gasteiger partial charge in [-0.25, -0.2) is 8.42 Å². The first kappa shape index (κ1) is 27.6. The summed E-state index contributed by atoms with van der Waals surface area (Å²) < 4.78 is 45.3. The van der Waals surface area contributed by atoms with E-state index in [9.17, 15) is 13.2 Å². The summed E-state index contributed by atoms with van der Waals surface area (Å²) in [5.41, 5.74) is 1.24. The number of sulfonamides is 1. The van der Waals surface area contributed by atoms with Crippen molar-refractivity contribution >= 4 is 33.2 Å². The number of carbonyl (C=O) groups is 1. The van der Waals surface area contributed by atoms with Gasteiger partial charge in [-0.1, -0.05) is 50.6 Å².